The molecule has 0 amide bonds. The van der Waals surface area contributed by atoms with Crippen LogP contribution >= 0.6 is 0 Å². The first-order chi connectivity index (χ1) is 29.0. The fourth-order valence-electron chi connectivity index (χ4n) is 8.66. The molecule has 0 bridgehead atoms. The summed E-state index contributed by atoms with van der Waals surface area (Å²) in [6.45, 7) is 4.60. The molecule has 0 unspecified atom stereocenters. The lowest BCUT2D eigenvalue weighted by atomic mass is 9.82. The molecule has 0 saturated heterocycles. The summed E-state index contributed by atoms with van der Waals surface area (Å²) in [5, 5.41) is 3.20. The topological polar surface area (TPSA) is 64.5 Å². The van der Waals surface area contributed by atoms with Crippen molar-refractivity contribution in [2.24, 2.45) is 0 Å². The zero-order valence-corrected chi connectivity index (χ0v) is 32.6. The molecule has 0 fully saturated rings. The van der Waals surface area contributed by atoms with E-state index in [1.54, 1.807) is 0 Å². The predicted octanol–water partition coefficient (Wildman–Crippen LogP) is 13.3. The SMILES string of the molecule is CC1(C)c2ccccc2-c2ccc(-c3nc(-c4ccccc4)nc(-c4cccc(-c5ccc6ccc7c(-c8ccccc8)nc(-c8ccccc8)nc7c6c5)c4)n3)cc21. The summed E-state index contributed by atoms with van der Waals surface area (Å²) in [6, 6.07) is 65.6. The van der Waals surface area contributed by atoms with E-state index in [0.717, 1.165) is 66.3 Å². The molecule has 1 aliphatic carbocycles. The van der Waals surface area contributed by atoms with Crippen LogP contribution in [0.15, 0.2) is 188 Å². The van der Waals surface area contributed by atoms with Crippen molar-refractivity contribution in [3.8, 4) is 79.1 Å². The fourth-order valence-corrected chi connectivity index (χ4v) is 8.66. The Balaban J connectivity index is 1.05. The number of nitrogens with zero attached hydrogens (tertiary/aromatic N) is 5. The molecule has 5 heteroatoms. The molecule has 0 aliphatic heterocycles. The van der Waals surface area contributed by atoms with Gasteiger partial charge in [-0.15, -0.1) is 0 Å². The Bertz CT molecular complexity index is 3230. The van der Waals surface area contributed by atoms with Crippen molar-refractivity contribution in [2.75, 3.05) is 0 Å². The van der Waals surface area contributed by atoms with Crippen LogP contribution in [-0.4, -0.2) is 24.9 Å². The molecule has 8 aromatic carbocycles. The van der Waals surface area contributed by atoms with Crippen LogP contribution in [0.2, 0.25) is 0 Å². The van der Waals surface area contributed by atoms with Gasteiger partial charge in [-0.25, -0.2) is 24.9 Å². The quantitative estimate of drug-likeness (QED) is 0.158. The summed E-state index contributed by atoms with van der Waals surface area (Å²) in [7, 11) is 0. The lowest BCUT2D eigenvalue weighted by Gasteiger charge is -2.21. The first-order valence-corrected chi connectivity index (χ1v) is 20.0. The van der Waals surface area contributed by atoms with E-state index in [-0.39, 0.29) is 5.41 Å². The Morgan fingerprint density at radius 1 is 0.322 bits per heavy atom. The molecule has 0 saturated carbocycles. The van der Waals surface area contributed by atoms with E-state index in [1.165, 1.54) is 22.3 Å². The zero-order chi connectivity index (χ0) is 39.5. The largest absolute Gasteiger partial charge is 0.227 e. The zero-order valence-electron chi connectivity index (χ0n) is 32.6. The van der Waals surface area contributed by atoms with E-state index in [1.807, 2.05) is 42.5 Å². The van der Waals surface area contributed by atoms with Crippen molar-refractivity contribution >= 4 is 21.7 Å². The number of benzene rings is 8. The minimum absolute atomic E-state index is 0.141. The Labute approximate surface area is 342 Å². The minimum atomic E-state index is -0.141. The van der Waals surface area contributed by atoms with Gasteiger partial charge in [-0.1, -0.05) is 178 Å². The van der Waals surface area contributed by atoms with Crippen LogP contribution in [0.1, 0.15) is 25.0 Å². The van der Waals surface area contributed by atoms with Gasteiger partial charge in [0, 0.05) is 44.0 Å². The van der Waals surface area contributed by atoms with Gasteiger partial charge in [-0.3, -0.25) is 0 Å². The number of hydrogen-bond acceptors (Lipinski definition) is 5. The second kappa shape index (κ2) is 13.8. The monoisotopic (exact) mass is 755 g/mol. The third kappa shape index (κ3) is 5.98. The van der Waals surface area contributed by atoms with Crippen LogP contribution in [-0.2, 0) is 5.41 Å². The molecule has 5 nitrogen and oxygen atoms in total. The van der Waals surface area contributed by atoms with E-state index in [9.17, 15) is 0 Å². The van der Waals surface area contributed by atoms with Crippen molar-refractivity contribution in [3.05, 3.63) is 199 Å². The summed E-state index contributed by atoms with van der Waals surface area (Å²) >= 11 is 0. The highest BCUT2D eigenvalue weighted by atomic mass is 15.0. The van der Waals surface area contributed by atoms with Gasteiger partial charge in [0.1, 0.15) is 0 Å². The standard InChI is InChI=1S/C54H37N5/c1-54(2)46-24-13-12-23-42(46)43-29-28-41(33-47(43)54)53-58-51(37-19-10-5-11-20-37)57-52(59-53)40-22-14-21-38(31-40)39-26-25-34-27-30-44-48(35-15-6-3-7-16-35)55-50(36-17-8-4-9-18-36)56-49(44)45(34)32-39/h3-33H,1-2H3. The summed E-state index contributed by atoms with van der Waals surface area (Å²) in [5.41, 5.74) is 13.9. The van der Waals surface area contributed by atoms with E-state index in [4.69, 9.17) is 24.9 Å². The normalized spacial score (nSPS) is 12.7. The van der Waals surface area contributed by atoms with Crippen LogP contribution in [0.4, 0.5) is 0 Å². The van der Waals surface area contributed by atoms with Crippen LogP contribution in [0.25, 0.3) is 101 Å². The molecule has 11 rings (SSSR count). The van der Waals surface area contributed by atoms with E-state index in [2.05, 4.69) is 159 Å². The Morgan fingerprint density at radius 2 is 0.831 bits per heavy atom. The van der Waals surface area contributed by atoms with Gasteiger partial charge in [0.2, 0.25) is 0 Å². The maximum Gasteiger partial charge on any atom is 0.164 e. The molecule has 2 aromatic heterocycles. The maximum absolute atomic E-state index is 5.24. The first kappa shape index (κ1) is 34.6. The van der Waals surface area contributed by atoms with Crippen LogP contribution in [0.3, 0.4) is 0 Å². The van der Waals surface area contributed by atoms with E-state index < -0.39 is 0 Å². The molecule has 0 spiro atoms. The number of rotatable bonds is 6. The molecule has 2 heterocycles. The number of hydrogen-bond donors (Lipinski definition) is 0. The second-order valence-electron chi connectivity index (χ2n) is 15.7. The van der Waals surface area contributed by atoms with Crippen LogP contribution in [0, 0.1) is 0 Å². The van der Waals surface area contributed by atoms with Gasteiger partial charge >= 0.3 is 0 Å². The fraction of sp³-hybridized carbons (Fsp3) is 0.0556. The predicted molar refractivity (Wildman–Crippen MR) is 241 cm³/mol. The summed E-state index contributed by atoms with van der Waals surface area (Å²) < 4.78 is 0. The molecule has 59 heavy (non-hydrogen) atoms. The van der Waals surface area contributed by atoms with Crippen molar-refractivity contribution < 1.29 is 0 Å². The van der Waals surface area contributed by atoms with E-state index in [0.29, 0.717) is 23.3 Å². The third-order valence-electron chi connectivity index (χ3n) is 11.7. The molecular weight excluding hydrogens is 719 g/mol. The minimum Gasteiger partial charge on any atom is -0.227 e. The van der Waals surface area contributed by atoms with Gasteiger partial charge in [0.05, 0.1) is 11.2 Å². The van der Waals surface area contributed by atoms with Gasteiger partial charge in [0.15, 0.2) is 23.3 Å². The second-order valence-corrected chi connectivity index (χ2v) is 15.7. The Kier molecular flexibility index (Phi) is 8.09. The highest BCUT2D eigenvalue weighted by molar-refractivity contribution is 6.10. The van der Waals surface area contributed by atoms with Crippen molar-refractivity contribution in [2.45, 2.75) is 19.3 Å². The highest BCUT2D eigenvalue weighted by Crippen LogP contribution is 2.49. The third-order valence-corrected chi connectivity index (χ3v) is 11.7. The van der Waals surface area contributed by atoms with Gasteiger partial charge in [-0.05, 0) is 63.0 Å². The Hall–Kier alpha value is -7.63. The van der Waals surface area contributed by atoms with Crippen molar-refractivity contribution in [1.82, 2.24) is 24.9 Å². The van der Waals surface area contributed by atoms with Crippen molar-refractivity contribution in [1.29, 1.82) is 0 Å². The molecule has 278 valence electrons. The average molecular weight is 756 g/mol. The summed E-state index contributed by atoms with van der Waals surface area (Å²) in [4.78, 5) is 25.7. The maximum atomic E-state index is 5.24. The summed E-state index contributed by atoms with van der Waals surface area (Å²) in [5.74, 6) is 2.61. The molecular formula is C54H37N5. The molecule has 1 aliphatic rings. The molecule has 10 aromatic rings. The Morgan fingerprint density at radius 3 is 1.54 bits per heavy atom. The lowest BCUT2D eigenvalue weighted by molar-refractivity contribution is 0.660. The highest BCUT2D eigenvalue weighted by Gasteiger charge is 2.35. The first-order valence-electron chi connectivity index (χ1n) is 20.0. The molecule has 0 radical (unpaired) electrons. The number of aromatic nitrogens is 5. The number of fused-ring (bicyclic) bond motifs is 6. The van der Waals surface area contributed by atoms with Crippen molar-refractivity contribution in [3.63, 3.8) is 0 Å². The lowest BCUT2D eigenvalue weighted by Crippen LogP contribution is -2.15. The van der Waals surface area contributed by atoms with Crippen LogP contribution < -0.4 is 0 Å². The summed E-state index contributed by atoms with van der Waals surface area (Å²) in [6.07, 6.45) is 0. The molecule has 0 atom stereocenters. The van der Waals surface area contributed by atoms with E-state index >= 15 is 0 Å². The average Bonchev–Trinajstić information content (AvgIpc) is 3.54. The molecule has 0 N–H and O–H groups in total. The smallest absolute Gasteiger partial charge is 0.164 e. The van der Waals surface area contributed by atoms with Gasteiger partial charge in [0.25, 0.3) is 0 Å². The van der Waals surface area contributed by atoms with Gasteiger partial charge in [-0.2, -0.15) is 0 Å². The van der Waals surface area contributed by atoms with Crippen LogP contribution in [0.5, 0.6) is 0 Å². The van der Waals surface area contributed by atoms with Gasteiger partial charge < -0.3 is 0 Å².